The van der Waals surface area contributed by atoms with Gasteiger partial charge in [-0.1, -0.05) is 0 Å². The fourth-order valence-electron chi connectivity index (χ4n) is 2.86. The Morgan fingerprint density at radius 1 is 1.31 bits per heavy atom. The number of nitrogens with one attached hydrogen (secondary N) is 1. The Morgan fingerprint density at radius 3 is 2.38 bits per heavy atom. The zero-order valence-electron chi connectivity index (χ0n) is 8.81. The van der Waals surface area contributed by atoms with Gasteiger partial charge in [-0.15, -0.1) is 0 Å². The molecule has 0 saturated heterocycles. The maximum atomic E-state index is 11.8. The van der Waals surface area contributed by atoms with E-state index >= 15 is 0 Å². The molecular formula is C11H19NO. The number of ketones is 1. The number of hydrogen-bond acceptors (Lipinski definition) is 2. The van der Waals surface area contributed by atoms with Crippen molar-refractivity contribution in [3.05, 3.63) is 0 Å². The average molecular weight is 181 g/mol. The van der Waals surface area contributed by atoms with Crippen molar-refractivity contribution in [3.63, 3.8) is 0 Å². The molecular weight excluding hydrogens is 162 g/mol. The first-order valence-electron chi connectivity index (χ1n) is 5.31. The molecule has 1 spiro atoms. The first-order chi connectivity index (χ1) is 6.00. The Balaban J connectivity index is 2.22. The molecule has 0 bridgehead atoms. The second-order valence-electron chi connectivity index (χ2n) is 5.13. The number of carbonyl (C=O) groups is 1. The molecule has 74 valence electrons. The molecule has 2 aliphatic carbocycles. The lowest BCUT2D eigenvalue weighted by atomic mass is 9.84. The number of hydrogen-bond donors (Lipinski definition) is 1. The average Bonchev–Trinajstić information content (AvgIpc) is 2.75. The molecule has 1 N–H and O–H groups in total. The van der Waals surface area contributed by atoms with E-state index in [0.717, 1.165) is 12.8 Å². The van der Waals surface area contributed by atoms with Gasteiger partial charge >= 0.3 is 0 Å². The van der Waals surface area contributed by atoms with Gasteiger partial charge in [-0.3, -0.25) is 4.79 Å². The third-order valence-electron chi connectivity index (χ3n) is 3.88. The maximum absolute atomic E-state index is 11.8. The lowest BCUT2D eigenvalue weighted by Gasteiger charge is -2.33. The van der Waals surface area contributed by atoms with Gasteiger partial charge in [0.2, 0.25) is 0 Å². The molecule has 13 heavy (non-hydrogen) atoms. The summed E-state index contributed by atoms with van der Waals surface area (Å²) in [5, 5.41) is 3.47. The second kappa shape index (κ2) is 2.57. The van der Waals surface area contributed by atoms with Crippen LogP contribution in [0.2, 0.25) is 0 Å². The van der Waals surface area contributed by atoms with Gasteiger partial charge < -0.3 is 5.32 Å². The minimum absolute atomic E-state index is 0.207. The summed E-state index contributed by atoms with van der Waals surface area (Å²) < 4.78 is 0. The Bertz CT molecular complexity index is 242. The molecule has 2 fully saturated rings. The molecule has 0 aromatic carbocycles. The Kier molecular flexibility index (Phi) is 1.82. The van der Waals surface area contributed by atoms with E-state index in [0.29, 0.717) is 17.2 Å². The van der Waals surface area contributed by atoms with Crippen LogP contribution >= 0.6 is 0 Å². The fourth-order valence-corrected chi connectivity index (χ4v) is 2.86. The molecule has 0 aromatic rings. The van der Waals surface area contributed by atoms with Gasteiger partial charge in [0.05, 0.1) is 5.54 Å². The highest BCUT2D eigenvalue weighted by molar-refractivity contribution is 5.92. The molecule has 2 heteroatoms. The lowest BCUT2D eigenvalue weighted by Crippen LogP contribution is -2.54. The van der Waals surface area contributed by atoms with E-state index in [2.05, 4.69) is 26.1 Å². The van der Waals surface area contributed by atoms with Crippen molar-refractivity contribution >= 4 is 5.78 Å². The summed E-state index contributed by atoms with van der Waals surface area (Å²) >= 11 is 0. The van der Waals surface area contributed by atoms with Crippen LogP contribution in [0.15, 0.2) is 0 Å². The highest BCUT2D eigenvalue weighted by Gasteiger charge is 2.63. The molecule has 2 rings (SSSR count). The molecule has 2 aliphatic rings. The minimum Gasteiger partial charge on any atom is -0.302 e. The summed E-state index contributed by atoms with van der Waals surface area (Å²) in [7, 11) is 0. The quantitative estimate of drug-likeness (QED) is 0.704. The van der Waals surface area contributed by atoms with Crippen LogP contribution in [-0.4, -0.2) is 17.4 Å². The first kappa shape index (κ1) is 9.20. The van der Waals surface area contributed by atoms with Crippen molar-refractivity contribution in [3.8, 4) is 0 Å². The molecule has 0 aliphatic heterocycles. The summed E-state index contributed by atoms with van der Waals surface area (Å²) in [6.07, 6.45) is 4.39. The van der Waals surface area contributed by atoms with E-state index in [1.54, 1.807) is 0 Å². The van der Waals surface area contributed by atoms with Crippen LogP contribution in [0.25, 0.3) is 0 Å². The van der Waals surface area contributed by atoms with Gasteiger partial charge in [0, 0.05) is 12.5 Å². The maximum Gasteiger partial charge on any atom is 0.153 e. The minimum atomic E-state index is -0.207. The third-order valence-corrected chi connectivity index (χ3v) is 3.88. The largest absolute Gasteiger partial charge is 0.302 e. The summed E-state index contributed by atoms with van der Waals surface area (Å²) in [6.45, 7) is 6.34. The van der Waals surface area contributed by atoms with Gasteiger partial charge in [-0.25, -0.2) is 0 Å². The van der Waals surface area contributed by atoms with Crippen LogP contribution in [0.5, 0.6) is 0 Å². The number of Topliss-reactive ketones (excluding diaryl/α,β-unsaturated/α-hetero) is 1. The second-order valence-corrected chi connectivity index (χ2v) is 5.13. The zero-order valence-corrected chi connectivity index (χ0v) is 8.81. The van der Waals surface area contributed by atoms with Gasteiger partial charge in [0.1, 0.15) is 0 Å². The van der Waals surface area contributed by atoms with Crippen molar-refractivity contribution in [1.82, 2.24) is 5.32 Å². The predicted octanol–water partition coefficient (Wildman–Crippen LogP) is 1.89. The summed E-state index contributed by atoms with van der Waals surface area (Å²) in [5.41, 5.74) is 0.134. The molecule has 1 unspecified atom stereocenters. The number of carbonyl (C=O) groups excluding carboxylic acids is 1. The van der Waals surface area contributed by atoms with Crippen LogP contribution in [0.4, 0.5) is 0 Å². The molecule has 0 amide bonds. The van der Waals surface area contributed by atoms with Crippen LogP contribution in [0.3, 0.4) is 0 Å². The van der Waals surface area contributed by atoms with E-state index in [-0.39, 0.29) is 5.54 Å². The van der Waals surface area contributed by atoms with E-state index in [9.17, 15) is 4.79 Å². The topological polar surface area (TPSA) is 29.1 Å². The Labute approximate surface area is 80.1 Å². The monoisotopic (exact) mass is 181 g/mol. The molecule has 0 heterocycles. The lowest BCUT2D eigenvalue weighted by molar-refractivity contribution is -0.123. The van der Waals surface area contributed by atoms with Crippen molar-refractivity contribution in [2.45, 2.75) is 58.0 Å². The van der Waals surface area contributed by atoms with E-state index in [4.69, 9.17) is 0 Å². The van der Waals surface area contributed by atoms with E-state index in [1.807, 2.05) is 0 Å². The van der Waals surface area contributed by atoms with Crippen molar-refractivity contribution < 1.29 is 4.79 Å². The van der Waals surface area contributed by atoms with Crippen LogP contribution in [0, 0.1) is 5.41 Å². The predicted molar refractivity (Wildman–Crippen MR) is 52.6 cm³/mol. The fraction of sp³-hybridized carbons (Fsp3) is 0.909. The molecule has 2 nitrogen and oxygen atoms in total. The summed E-state index contributed by atoms with van der Waals surface area (Å²) in [6, 6.07) is 0.407. The van der Waals surface area contributed by atoms with Gasteiger partial charge in [-0.05, 0) is 45.4 Å². The van der Waals surface area contributed by atoms with Crippen LogP contribution in [-0.2, 0) is 4.79 Å². The third kappa shape index (κ3) is 1.15. The van der Waals surface area contributed by atoms with Crippen molar-refractivity contribution in [1.29, 1.82) is 0 Å². The zero-order chi connectivity index (χ0) is 9.69. The highest BCUT2D eigenvalue weighted by Crippen LogP contribution is 2.61. The van der Waals surface area contributed by atoms with Crippen LogP contribution < -0.4 is 5.32 Å². The standard InChI is InChI=1S/C11H19NO/c1-8(2)12-10(3)9(13)4-5-11(10)6-7-11/h8,12H,4-7H2,1-3H3. The number of rotatable bonds is 2. The Hall–Kier alpha value is -0.370. The SMILES string of the molecule is CC(C)NC1(C)C(=O)CCC12CC2. The van der Waals surface area contributed by atoms with E-state index in [1.165, 1.54) is 12.8 Å². The van der Waals surface area contributed by atoms with Gasteiger partial charge in [0.15, 0.2) is 5.78 Å². The molecule has 0 aromatic heterocycles. The first-order valence-corrected chi connectivity index (χ1v) is 5.31. The van der Waals surface area contributed by atoms with Crippen molar-refractivity contribution in [2.75, 3.05) is 0 Å². The van der Waals surface area contributed by atoms with Crippen molar-refractivity contribution in [2.24, 2.45) is 5.41 Å². The van der Waals surface area contributed by atoms with Crippen LogP contribution in [0.1, 0.15) is 46.5 Å². The summed E-state index contributed by atoms with van der Waals surface area (Å²) in [5.74, 6) is 0.429. The smallest absolute Gasteiger partial charge is 0.153 e. The molecule has 2 saturated carbocycles. The van der Waals surface area contributed by atoms with Gasteiger partial charge in [-0.2, -0.15) is 0 Å². The summed E-state index contributed by atoms with van der Waals surface area (Å²) in [4.78, 5) is 11.8. The molecule has 1 atom stereocenters. The normalized spacial score (nSPS) is 36.2. The highest BCUT2D eigenvalue weighted by atomic mass is 16.1. The Morgan fingerprint density at radius 2 is 1.92 bits per heavy atom. The molecule has 0 radical (unpaired) electrons. The van der Waals surface area contributed by atoms with Gasteiger partial charge in [0.25, 0.3) is 0 Å². The van der Waals surface area contributed by atoms with E-state index < -0.39 is 0 Å².